The highest BCUT2D eigenvalue weighted by Gasteiger charge is 2.45. The summed E-state index contributed by atoms with van der Waals surface area (Å²) < 4.78 is 5.62. The number of aliphatic carboxylic acids is 1. The molecule has 2 aromatic carbocycles. The first-order valence-corrected chi connectivity index (χ1v) is 11.4. The van der Waals surface area contributed by atoms with Crippen LogP contribution in [0.4, 0.5) is 0 Å². The van der Waals surface area contributed by atoms with E-state index in [2.05, 4.69) is 34.1 Å². The molecule has 3 aromatic rings. The molecule has 32 heavy (non-hydrogen) atoms. The summed E-state index contributed by atoms with van der Waals surface area (Å²) in [5.41, 5.74) is 3.59. The van der Waals surface area contributed by atoms with Crippen molar-refractivity contribution in [2.75, 3.05) is 13.1 Å². The molecule has 2 heterocycles. The largest absolute Gasteiger partial charge is 0.481 e. The third-order valence-corrected chi connectivity index (χ3v) is 7.05. The van der Waals surface area contributed by atoms with Crippen LogP contribution in [0, 0.1) is 5.92 Å². The highest BCUT2D eigenvalue weighted by Crippen LogP contribution is 2.54. The van der Waals surface area contributed by atoms with E-state index in [4.69, 9.17) is 21.2 Å². The Hall–Kier alpha value is -2.70. The number of benzene rings is 2. The predicted octanol–water partition coefficient (Wildman–Crippen LogP) is 5.13. The van der Waals surface area contributed by atoms with Gasteiger partial charge in [0.05, 0.1) is 5.92 Å². The molecule has 1 aliphatic heterocycles. The molecule has 2 fully saturated rings. The van der Waals surface area contributed by atoms with Crippen LogP contribution in [-0.4, -0.2) is 39.2 Å². The summed E-state index contributed by atoms with van der Waals surface area (Å²) in [6.45, 7) is 4.13. The van der Waals surface area contributed by atoms with E-state index in [1.807, 2.05) is 36.4 Å². The van der Waals surface area contributed by atoms with Crippen molar-refractivity contribution in [1.29, 1.82) is 0 Å². The topological polar surface area (TPSA) is 79.5 Å². The molecule has 0 spiro atoms. The van der Waals surface area contributed by atoms with Gasteiger partial charge in [-0.2, -0.15) is 4.98 Å². The summed E-state index contributed by atoms with van der Waals surface area (Å²) in [7, 11) is 0. The minimum absolute atomic E-state index is 0.169. The van der Waals surface area contributed by atoms with Gasteiger partial charge in [0.25, 0.3) is 0 Å². The summed E-state index contributed by atoms with van der Waals surface area (Å²) in [5.74, 6) is 0.500. The third-order valence-electron chi connectivity index (χ3n) is 6.80. The van der Waals surface area contributed by atoms with Crippen LogP contribution in [-0.2, 0) is 16.8 Å². The molecule has 2 aliphatic rings. The van der Waals surface area contributed by atoms with Crippen molar-refractivity contribution in [2.45, 2.75) is 44.1 Å². The molecular formula is C25H26ClN3O3. The SMILES string of the molecule is CC(CC1(c2ccc(Cl)cc2)CC1)c1nc(-c2ccc(CN3CC(C(=O)O)C3)cc2)no1. The highest BCUT2D eigenvalue weighted by atomic mass is 35.5. The van der Waals surface area contributed by atoms with Crippen molar-refractivity contribution < 1.29 is 14.4 Å². The Balaban J connectivity index is 1.21. The smallest absolute Gasteiger partial charge is 0.309 e. The zero-order valence-corrected chi connectivity index (χ0v) is 18.8. The molecule has 1 saturated heterocycles. The van der Waals surface area contributed by atoms with Crippen molar-refractivity contribution in [3.63, 3.8) is 0 Å². The molecule has 1 unspecified atom stereocenters. The van der Waals surface area contributed by atoms with E-state index in [1.54, 1.807) is 0 Å². The molecule has 7 heteroatoms. The summed E-state index contributed by atoms with van der Waals surface area (Å²) in [6, 6.07) is 16.3. The number of carboxylic acids is 1. The maximum atomic E-state index is 10.9. The van der Waals surface area contributed by atoms with Gasteiger partial charge in [-0.3, -0.25) is 9.69 Å². The van der Waals surface area contributed by atoms with Crippen molar-refractivity contribution in [1.82, 2.24) is 15.0 Å². The van der Waals surface area contributed by atoms with Crippen LogP contribution in [0.15, 0.2) is 53.1 Å². The Morgan fingerprint density at radius 3 is 2.50 bits per heavy atom. The molecule has 1 N–H and O–H groups in total. The molecule has 1 saturated carbocycles. The van der Waals surface area contributed by atoms with Crippen LogP contribution in [0.5, 0.6) is 0 Å². The average molecular weight is 452 g/mol. The first kappa shape index (κ1) is 21.2. The van der Waals surface area contributed by atoms with Gasteiger partial charge in [0, 0.05) is 36.1 Å². The van der Waals surface area contributed by atoms with E-state index < -0.39 is 5.97 Å². The van der Waals surface area contributed by atoms with Gasteiger partial charge in [-0.25, -0.2) is 0 Å². The van der Waals surface area contributed by atoms with E-state index in [1.165, 1.54) is 18.4 Å². The highest BCUT2D eigenvalue weighted by molar-refractivity contribution is 6.30. The summed E-state index contributed by atoms with van der Waals surface area (Å²) in [6.07, 6.45) is 3.32. The van der Waals surface area contributed by atoms with Gasteiger partial charge in [-0.1, -0.05) is 60.1 Å². The number of rotatable bonds is 8. The fraction of sp³-hybridized carbons (Fsp3) is 0.400. The third kappa shape index (κ3) is 4.30. The van der Waals surface area contributed by atoms with E-state index in [9.17, 15) is 4.79 Å². The van der Waals surface area contributed by atoms with Crippen LogP contribution in [0.25, 0.3) is 11.4 Å². The summed E-state index contributed by atoms with van der Waals surface area (Å²) >= 11 is 6.05. The quantitative estimate of drug-likeness (QED) is 0.511. The zero-order chi connectivity index (χ0) is 22.3. The second-order valence-electron chi connectivity index (χ2n) is 9.27. The van der Waals surface area contributed by atoms with Gasteiger partial charge in [-0.15, -0.1) is 0 Å². The van der Waals surface area contributed by atoms with Crippen molar-refractivity contribution in [2.24, 2.45) is 5.92 Å². The van der Waals surface area contributed by atoms with Crippen LogP contribution < -0.4 is 0 Å². The fourth-order valence-electron chi connectivity index (χ4n) is 4.66. The number of halogens is 1. The monoisotopic (exact) mass is 451 g/mol. The number of likely N-dealkylation sites (tertiary alicyclic amines) is 1. The molecule has 0 radical (unpaired) electrons. The van der Waals surface area contributed by atoms with Crippen LogP contribution >= 0.6 is 11.6 Å². The van der Waals surface area contributed by atoms with Gasteiger partial charge in [-0.05, 0) is 47.9 Å². The van der Waals surface area contributed by atoms with Gasteiger partial charge >= 0.3 is 5.97 Å². The Labute approximate surface area is 192 Å². The van der Waals surface area contributed by atoms with Crippen molar-refractivity contribution in [3.05, 3.63) is 70.6 Å². The molecule has 1 aromatic heterocycles. The number of carbonyl (C=O) groups is 1. The van der Waals surface area contributed by atoms with Gasteiger partial charge in [0.15, 0.2) is 0 Å². The Morgan fingerprint density at radius 1 is 1.19 bits per heavy atom. The maximum Gasteiger partial charge on any atom is 0.309 e. The number of hydrogen-bond donors (Lipinski definition) is 1. The maximum absolute atomic E-state index is 10.9. The van der Waals surface area contributed by atoms with E-state index in [0.29, 0.717) is 24.8 Å². The Kier molecular flexibility index (Phi) is 5.51. The average Bonchev–Trinajstić information content (AvgIpc) is 3.35. The first-order valence-electron chi connectivity index (χ1n) is 11.1. The van der Waals surface area contributed by atoms with Crippen molar-refractivity contribution in [3.8, 4) is 11.4 Å². The molecule has 0 amide bonds. The molecule has 6 nitrogen and oxygen atoms in total. The van der Waals surface area contributed by atoms with Gasteiger partial charge in [0.1, 0.15) is 0 Å². The number of aromatic nitrogens is 2. The normalized spacial score (nSPS) is 18.8. The molecule has 1 aliphatic carbocycles. The predicted molar refractivity (Wildman–Crippen MR) is 122 cm³/mol. The van der Waals surface area contributed by atoms with Gasteiger partial charge in [0.2, 0.25) is 11.7 Å². The number of nitrogens with zero attached hydrogens (tertiary/aromatic N) is 3. The van der Waals surface area contributed by atoms with E-state index in [0.717, 1.165) is 29.1 Å². The molecular weight excluding hydrogens is 426 g/mol. The zero-order valence-electron chi connectivity index (χ0n) is 18.0. The lowest BCUT2D eigenvalue weighted by atomic mass is 9.86. The number of hydrogen-bond acceptors (Lipinski definition) is 5. The summed E-state index contributed by atoms with van der Waals surface area (Å²) in [4.78, 5) is 17.7. The lowest BCUT2D eigenvalue weighted by molar-refractivity contribution is -0.147. The fourth-order valence-corrected chi connectivity index (χ4v) is 4.79. The molecule has 0 bridgehead atoms. The molecule has 5 rings (SSSR count). The summed E-state index contributed by atoms with van der Waals surface area (Å²) in [5, 5.41) is 14.0. The molecule has 166 valence electrons. The van der Waals surface area contributed by atoms with Crippen molar-refractivity contribution >= 4 is 17.6 Å². The first-order chi connectivity index (χ1) is 15.4. The van der Waals surface area contributed by atoms with E-state index >= 15 is 0 Å². The van der Waals surface area contributed by atoms with Crippen LogP contribution in [0.3, 0.4) is 0 Å². The standard InChI is InChI=1S/C25H26ClN3O3/c1-16(12-25(10-11-25)20-6-8-21(26)9-7-20)23-27-22(28-32-23)18-4-2-17(3-5-18)13-29-14-19(15-29)24(30)31/h2-9,16,19H,10-15H2,1H3,(H,30,31). The van der Waals surface area contributed by atoms with Crippen LogP contribution in [0.1, 0.15) is 49.1 Å². The van der Waals surface area contributed by atoms with E-state index in [-0.39, 0.29) is 17.3 Å². The van der Waals surface area contributed by atoms with Crippen LogP contribution in [0.2, 0.25) is 5.02 Å². The lowest BCUT2D eigenvalue weighted by Gasteiger charge is -2.36. The Bertz CT molecular complexity index is 1100. The second-order valence-corrected chi connectivity index (χ2v) is 9.71. The minimum Gasteiger partial charge on any atom is -0.481 e. The Morgan fingerprint density at radius 2 is 1.88 bits per heavy atom. The molecule has 1 atom stereocenters. The minimum atomic E-state index is -0.709. The number of carboxylic acid groups (broad SMARTS) is 1. The lowest BCUT2D eigenvalue weighted by Crippen LogP contribution is -2.49. The van der Waals surface area contributed by atoms with Gasteiger partial charge < -0.3 is 9.63 Å². The second kappa shape index (κ2) is 8.34.